The van der Waals surface area contributed by atoms with Gasteiger partial charge in [-0.1, -0.05) is 29.8 Å². The molecule has 2 aromatic carbocycles. The molecule has 2 aliphatic heterocycles. The van der Waals surface area contributed by atoms with E-state index >= 15 is 0 Å². The van der Waals surface area contributed by atoms with E-state index in [9.17, 15) is 19.5 Å². The normalized spacial score (nSPS) is 28.7. The molecule has 3 aromatic rings. The number of aldehydes is 3. The van der Waals surface area contributed by atoms with Crippen LogP contribution in [-0.2, 0) is 42.7 Å². The van der Waals surface area contributed by atoms with E-state index in [-0.39, 0.29) is 6.61 Å². The number of hydrogen-bond acceptors (Lipinski definition) is 7. The van der Waals surface area contributed by atoms with Crippen LogP contribution >= 0.6 is 11.3 Å². The van der Waals surface area contributed by atoms with Gasteiger partial charge in [0, 0.05) is 16.2 Å². The van der Waals surface area contributed by atoms with Gasteiger partial charge < -0.3 is 29.0 Å². The number of benzene rings is 2. The van der Waals surface area contributed by atoms with Gasteiger partial charge in [0.1, 0.15) is 18.9 Å². The number of ether oxygens (including phenoxy) is 2. The van der Waals surface area contributed by atoms with Gasteiger partial charge in [0.2, 0.25) is 5.79 Å². The summed E-state index contributed by atoms with van der Waals surface area (Å²) in [5, 5.41) is 13.1. The maximum Gasteiger partial charge on any atom is 0.206 e. The van der Waals surface area contributed by atoms with Crippen LogP contribution in [0.1, 0.15) is 27.8 Å². The van der Waals surface area contributed by atoms with E-state index in [0.29, 0.717) is 24.4 Å². The minimum atomic E-state index is -1.51. The van der Waals surface area contributed by atoms with Gasteiger partial charge in [-0.3, -0.25) is 0 Å². The van der Waals surface area contributed by atoms with Crippen LogP contribution in [0.15, 0.2) is 41.8 Å². The van der Waals surface area contributed by atoms with Crippen LogP contribution < -0.4 is 0 Å². The predicted molar refractivity (Wildman–Crippen MR) is 123 cm³/mol. The fourth-order valence-electron chi connectivity index (χ4n) is 5.13. The zero-order valence-electron chi connectivity index (χ0n) is 18.1. The lowest BCUT2D eigenvalue weighted by Gasteiger charge is -2.47. The minimum absolute atomic E-state index is 0.219. The van der Waals surface area contributed by atoms with Gasteiger partial charge in [-0.15, -0.1) is 11.3 Å². The highest BCUT2D eigenvalue weighted by Crippen LogP contribution is 2.52. The predicted octanol–water partition coefficient (Wildman–Crippen LogP) is 3.32. The molecule has 6 nitrogen and oxygen atoms in total. The highest BCUT2D eigenvalue weighted by atomic mass is 32.1. The molecule has 1 N–H and O–H groups in total. The highest BCUT2D eigenvalue weighted by molar-refractivity contribution is 7.17. The monoisotopic (exact) mass is 464 g/mol. The molecule has 5 rings (SSSR count). The summed E-state index contributed by atoms with van der Waals surface area (Å²) in [6, 6.07) is 12.4. The second-order valence-corrected chi connectivity index (χ2v) is 9.72. The number of aliphatic hydroxyl groups excluding tert-OH is 1. The first-order chi connectivity index (χ1) is 16.0. The van der Waals surface area contributed by atoms with Crippen LogP contribution in [-0.4, -0.2) is 36.7 Å². The molecule has 170 valence electrons. The van der Waals surface area contributed by atoms with Crippen LogP contribution in [0.25, 0.3) is 10.1 Å². The first-order valence-electron chi connectivity index (χ1n) is 10.9. The van der Waals surface area contributed by atoms with Crippen LogP contribution in [0.4, 0.5) is 0 Å². The standard InChI is InChI=1S/C26H24O6S/c1-15-2-4-16(5-3-15)6-18-14-33-25-7-17-13-31-26(22(17)8-19(18)25)23(11-29)20(9-27)21(10-28)24(12-30)32-26/h2-5,7-11,14,20-21,23-24,30H,6,12-13H2,1H3/t20-,21-,23-,24-,26+/m0/s1. The molecule has 3 heterocycles. The second kappa shape index (κ2) is 8.57. The van der Waals surface area contributed by atoms with Crippen LogP contribution in [0, 0.1) is 24.7 Å². The number of thiophene rings is 1. The molecule has 0 saturated carbocycles. The van der Waals surface area contributed by atoms with E-state index in [1.807, 2.05) is 12.1 Å². The van der Waals surface area contributed by atoms with E-state index in [2.05, 4.69) is 36.6 Å². The lowest BCUT2D eigenvalue weighted by molar-refractivity contribution is -0.322. The third-order valence-corrected chi connectivity index (χ3v) is 7.90. The van der Waals surface area contributed by atoms with Gasteiger partial charge in [-0.2, -0.15) is 0 Å². The third-order valence-electron chi connectivity index (χ3n) is 6.91. The molecule has 0 radical (unpaired) electrons. The summed E-state index contributed by atoms with van der Waals surface area (Å²) in [5.74, 6) is -4.36. The minimum Gasteiger partial charge on any atom is -0.394 e. The Morgan fingerprint density at radius 2 is 1.85 bits per heavy atom. The molecule has 33 heavy (non-hydrogen) atoms. The molecule has 2 aliphatic rings. The largest absolute Gasteiger partial charge is 0.394 e. The summed E-state index contributed by atoms with van der Waals surface area (Å²) in [5.41, 5.74) is 5.12. The fourth-order valence-corrected chi connectivity index (χ4v) is 6.13. The summed E-state index contributed by atoms with van der Waals surface area (Å²) >= 11 is 1.65. The van der Waals surface area contributed by atoms with E-state index in [4.69, 9.17) is 9.47 Å². The van der Waals surface area contributed by atoms with Crippen molar-refractivity contribution in [1.82, 2.24) is 0 Å². The van der Waals surface area contributed by atoms with Crippen LogP contribution in [0.2, 0.25) is 0 Å². The molecule has 0 bridgehead atoms. The third kappa shape index (κ3) is 3.47. The second-order valence-electron chi connectivity index (χ2n) is 8.81. The van der Waals surface area contributed by atoms with Gasteiger partial charge in [-0.05, 0) is 52.9 Å². The number of fused-ring (bicyclic) bond motifs is 3. The summed E-state index contributed by atoms with van der Waals surface area (Å²) in [6.45, 7) is 1.82. The maximum absolute atomic E-state index is 12.2. The Balaban J connectivity index is 1.61. The molecule has 5 atom stereocenters. The molecule has 1 spiro atoms. The Kier molecular flexibility index (Phi) is 5.74. The Morgan fingerprint density at radius 3 is 2.52 bits per heavy atom. The summed E-state index contributed by atoms with van der Waals surface area (Å²) < 4.78 is 13.3. The summed E-state index contributed by atoms with van der Waals surface area (Å²) in [6.07, 6.45) is 1.65. The molecule has 1 saturated heterocycles. The number of aryl methyl sites for hydroxylation is 1. The zero-order valence-corrected chi connectivity index (χ0v) is 18.9. The van der Waals surface area contributed by atoms with E-state index in [0.717, 1.165) is 27.6 Å². The SMILES string of the molecule is Cc1ccc(Cc2csc3cc4c(cc23)[C@@]2(OC4)O[C@@H](CO)[C@@H](C=O)[C@H](C=O)[C@@H]2C=O)cc1. The smallest absolute Gasteiger partial charge is 0.206 e. The fraction of sp³-hybridized carbons (Fsp3) is 0.346. The van der Waals surface area contributed by atoms with Gasteiger partial charge in [-0.25, -0.2) is 0 Å². The first-order valence-corrected chi connectivity index (χ1v) is 11.8. The van der Waals surface area contributed by atoms with Crippen molar-refractivity contribution >= 4 is 40.3 Å². The van der Waals surface area contributed by atoms with Gasteiger partial charge >= 0.3 is 0 Å². The van der Waals surface area contributed by atoms with E-state index in [1.165, 1.54) is 11.1 Å². The van der Waals surface area contributed by atoms with E-state index < -0.39 is 36.3 Å². The number of aliphatic hydroxyl groups is 1. The topological polar surface area (TPSA) is 89.9 Å². The maximum atomic E-state index is 12.2. The molecular weight excluding hydrogens is 440 g/mol. The molecule has 7 heteroatoms. The van der Waals surface area contributed by atoms with Gasteiger partial charge in [0.25, 0.3) is 0 Å². The van der Waals surface area contributed by atoms with Crippen LogP contribution in [0.5, 0.6) is 0 Å². The van der Waals surface area contributed by atoms with Crippen molar-refractivity contribution in [2.75, 3.05) is 6.61 Å². The van der Waals surface area contributed by atoms with Crippen molar-refractivity contribution in [2.24, 2.45) is 17.8 Å². The molecular formula is C26H24O6S. The quantitative estimate of drug-likeness (QED) is 0.563. The van der Waals surface area contributed by atoms with Crippen molar-refractivity contribution in [3.8, 4) is 0 Å². The average Bonchev–Trinajstić information content (AvgIpc) is 3.39. The number of rotatable bonds is 6. The van der Waals surface area contributed by atoms with E-state index in [1.54, 1.807) is 11.3 Å². The Morgan fingerprint density at radius 1 is 1.09 bits per heavy atom. The van der Waals surface area contributed by atoms with Gasteiger partial charge in [0.15, 0.2) is 0 Å². The molecule has 0 amide bonds. The Labute approximate surface area is 195 Å². The molecule has 0 aliphatic carbocycles. The molecule has 1 aromatic heterocycles. The highest BCUT2D eigenvalue weighted by Gasteiger charge is 2.59. The number of hydrogen-bond donors (Lipinski definition) is 1. The van der Waals surface area contributed by atoms with Crippen molar-refractivity contribution in [3.63, 3.8) is 0 Å². The van der Waals surface area contributed by atoms with Crippen molar-refractivity contribution < 1.29 is 29.0 Å². The zero-order chi connectivity index (χ0) is 23.2. The van der Waals surface area contributed by atoms with Crippen LogP contribution in [0.3, 0.4) is 0 Å². The van der Waals surface area contributed by atoms with Crippen molar-refractivity contribution in [1.29, 1.82) is 0 Å². The Hall–Kier alpha value is -2.71. The lowest BCUT2D eigenvalue weighted by Crippen LogP contribution is -2.56. The number of carbonyl (C=O) groups is 3. The molecule has 0 unspecified atom stereocenters. The average molecular weight is 465 g/mol. The lowest BCUT2D eigenvalue weighted by atomic mass is 9.72. The summed E-state index contributed by atoms with van der Waals surface area (Å²) in [4.78, 5) is 35.8. The first kappa shape index (κ1) is 22.1. The Bertz CT molecular complexity index is 1220. The number of carbonyl (C=O) groups excluding carboxylic acids is 3. The van der Waals surface area contributed by atoms with Crippen molar-refractivity contribution in [3.05, 3.63) is 69.6 Å². The molecule has 1 fully saturated rings. The van der Waals surface area contributed by atoms with Crippen molar-refractivity contribution in [2.45, 2.75) is 31.8 Å². The summed E-state index contributed by atoms with van der Waals surface area (Å²) in [7, 11) is 0. The van der Waals surface area contributed by atoms with Gasteiger partial charge in [0.05, 0.1) is 31.2 Å².